The predicted molar refractivity (Wildman–Crippen MR) is 93.6 cm³/mol. The second kappa shape index (κ2) is 7.12. The number of rotatable bonds is 6. The van der Waals surface area contributed by atoms with Crippen LogP contribution in [0.2, 0.25) is 0 Å². The average molecular weight is 353 g/mol. The zero-order valence-electron chi connectivity index (χ0n) is 12.9. The van der Waals surface area contributed by atoms with Crippen molar-refractivity contribution < 1.29 is 13.2 Å². The summed E-state index contributed by atoms with van der Waals surface area (Å²) in [6, 6.07) is 8.79. The summed E-state index contributed by atoms with van der Waals surface area (Å²) in [5, 5.41) is 9.25. The maximum atomic E-state index is 12.1. The molecule has 124 valence electrons. The van der Waals surface area contributed by atoms with Crippen LogP contribution in [0.15, 0.2) is 39.9 Å². The van der Waals surface area contributed by atoms with E-state index in [1.165, 1.54) is 11.4 Å². The van der Waals surface area contributed by atoms with Gasteiger partial charge in [-0.2, -0.15) is 0 Å². The van der Waals surface area contributed by atoms with E-state index in [9.17, 15) is 13.2 Å². The number of nitrogens with zero attached hydrogens (tertiary/aromatic N) is 1. The lowest BCUT2D eigenvalue weighted by Crippen LogP contribution is -2.21. The van der Waals surface area contributed by atoms with Gasteiger partial charge in [-0.3, -0.25) is 4.79 Å². The fourth-order valence-electron chi connectivity index (χ4n) is 2.13. The van der Waals surface area contributed by atoms with Crippen molar-refractivity contribution in [1.82, 2.24) is 0 Å². The van der Waals surface area contributed by atoms with E-state index in [1.807, 2.05) is 24.3 Å². The summed E-state index contributed by atoms with van der Waals surface area (Å²) in [4.78, 5) is 14.3. The van der Waals surface area contributed by atoms with Crippen LogP contribution in [0.25, 0.3) is 0 Å². The summed E-state index contributed by atoms with van der Waals surface area (Å²) in [6.07, 6.45) is 0. The van der Waals surface area contributed by atoms with Crippen molar-refractivity contribution in [1.29, 1.82) is 0 Å². The monoisotopic (exact) mass is 353 g/mol. The van der Waals surface area contributed by atoms with Gasteiger partial charge in [0, 0.05) is 29.8 Å². The fraction of sp³-hybridized carbons (Fsp3) is 0.267. The Hall–Kier alpha value is -1.90. The molecule has 1 heterocycles. The summed E-state index contributed by atoms with van der Waals surface area (Å²) in [5.74, 6) is -0.369. The van der Waals surface area contributed by atoms with Gasteiger partial charge in [0.2, 0.25) is 10.0 Å². The Morgan fingerprint density at radius 1 is 1.22 bits per heavy atom. The number of nitrogens with two attached hydrogens (primary N) is 1. The van der Waals surface area contributed by atoms with Crippen molar-refractivity contribution in [3.8, 4) is 0 Å². The molecular weight excluding hydrogens is 334 g/mol. The summed E-state index contributed by atoms with van der Waals surface area (Å²) >= 11 is 0.927. The number of sulfonamides is 1. The summed E-state index contributed by atoms with van der Waals surface area (Å²) in [5.41, 5.74) is 2.00. The maximum absolute atomic E-state index is 12.1. The van der Waals surface area contributed by atoms with Gasteiger partial charge in [0.15, 0.2) is 0 Å². The molecule has 1 aromatic carbocycles. The fourth-order valence-corrected chi connectivity index (χ4v) is 3.72. The van der Waals surface area contributed by atoms with Gasteiger partial charge in [-0.05, 0) is 44.2 Å². The van der Waals surface area contributed by atoms with Crippen molar-refractivity contribution in [2.75, 3.05) is 23.3 Å². The molecule has 6 nitrogen and oxygen atoms in total. The number of hydrogen-bond donors (Lipinski definition) is 2. The van der Waals surface area contributed by atoms with E-state index in [0.717, 1.165) is 30.1 Å². The minimum Gasteiger partial charge on any atom is -0.372 e. The number of primary sulfonamides is 1. The number of hydrogen-bond acceptors (Lipinski definition) is 5. The first-order valence-corrected chi connectivity index (χ1v) is 9.55. The van der Waals surface area contributed by atoms with Crippen LogP contribution in [0.3, 0.4) is 0 Å². The second-order valence-electron chi connectivity index (χ2n) is 4.87. The molecule has 0 saturated carbocycles. The first kappa shape index (κ1) is 17.5. The third kappa shape index (κ3) is 4.31. The zero-order valence-corrected chi connectivity index (χ0v) is 14.6. The quantitative estimate of drug-likeness (QED) is 0.834. The van der Waals surface area contributed by atoms with Crippen LogP contribution in [0.1, 0.15) is 24.2 Å². The molecule has 3 N–H and O–H groups in total. The van der Waals surface area contributed by atoms with Gasteiger partial charge < -0.3 is 10.2 Å². The highest BCUT2D eigenvalue weighted by Gasteiger charge is 2.15. The second-order valence-corrected chi connectivity index (χ2v) is 7.57. The van der Waals surface area contributed by atoms with Crippen molar-refractivity contribution in [3.63, 3.8) is 0 Å². The van der Waals surface area contributed by atoms with Crippen molar-refractivity contribution in [3.05, 3.63) is 41.3 Å². The molecule has 1 aromatic heterocycles. The van der Waals surface area contributed by atoms with E-state index in [0.29, 0.717) is 5.69 Å². The molecule has 0 aliphatic rings. The molecule has 1 amide bonds. The normalized spacial score (nSPS) is 11.3. The third-order valence-corrected chi connectivity index (χ3v) is 5.76. The van der Waals surface area contributed by atoms with Gasteiger partial charge in [-0.1, -0.05) is 0 Å². The van der Waals surface area contributed by atoms with E-state index >= 15 is 0 Å². The minimum absolute atomic E-state index is 0.0282. The first-order chi connectivity index (χ1) is 10.8. The SMILES string of the molecule is CCN(CC)c1ccc(NC(=O)c2csc(S(N)(=O)=O)c2)cc1. The molecular formula is C15H19N3O3S2. The minimum atomic E-state index is -3.78. The third-order valence-electron chi connectivity index (χ3n) is 3.37. The number of benzene rings is 1. The number of anilines is 2. The molecule has 0 atom stereocenters. The van der Waals surface area contributed by atoms with E-state index in [1.54, 1.807) is 0 Å². The molecule has 0 unspecified atom stereocenters. The zero-order chi connectivity index (χ0) is 17.0. The smallest absolute Gasteiger partial charge is 0.256 e. The largest absolute Gasteiger partial charge is 0.372 e. The summed E-state index contributed by atoms with van der Waals surface area (Å²) < 4.78 is 22.4. The van der Waals surface area contributed by atoms with Gasteiger partial charge in [0.1, 0.15) is 4.21 Å². The van der Waals surface area contributed by atoms with Gasteiger partial charge in [-0.15, -0.1) is 11.3 Å². The highest BCUT2D eigenvalue weighted by atomic mass is 32.2. The predicted octanol–water partition coefficient (Wildman–Crippen LogP) is 2.49. The molecule has 2 rings (SSSR count). The van der Waals surface area contributed by atoms with Crippen LogP contribution >= 0.6 is 11.3 Å². The Labute approximate surface area is 140 Å². The number of nitrogens with one attached hydrogen (secondary N) is 1. The van der Waals surface area contributed by atoms with Gasteiger partial charge in [0.05, 0.1) is 5.56 Å². The lowest BCUT2D eigenvalue weighted by molar-refractivity contribution is 0.102. The maximum Gasteiger partial charge on any atom is 0.256 e. The topological polar surface area (TPSA) is 92.5 Å². The lowest BCUT2D eigenvalue weighted by Gasteiger charge is -2.21. The van der Waals surface area contributed by atoms with E-state index in [2.05, 4.69) is 24.1 Å². The van der Waals surface area contributed by atoms with Crippen LogP contribution in [-0.4, -0.2) is 27.4 Å². The van der Waals surface area contributed by atoms with Crippen LogP contribution in [0, 0.1) is 0 Å². The van der Waals surface area contributed by atoms with Crippen LogP contribution < -0.4 is 15.4 Å². The van der Waals surface area contributed by atoms with Gasteiger partial charge >= 0.3 is 0 Å². The highest BCUT2D eigenvalue weighted by Crippen LogP contribution is 2.21. The van der Waals surface area contributed by atoms with Gasteiger partial charge in [0.25, 0.3) is 5.91 Å². The molecule has 0 bridgehead atoms. The standard InChI is InChI=1S/C15H19N3O3S2/c1-3-18(4-2)13-7-5-12(6-8-13)17-15(19)11-9-14(22-10-11)23(16,20)21/h5-10H,3-4H2,1-2H3,(H,17,19)(H2,16,20,21). The molecule has 0 saturated heterocycles. The first-order valence-electron chi connectivity index (χ1n) is 7.12. The Balaban J connectivity index is 2.10. The molecule has 23 heavy (non-hydrogen) atoms. The van der Waals surface area contributed by atoms with Crippen molar-refractivity contribution in [2.45, 2.75) is 18.1 Å². The number of carbonyl (C=O) groups excluding carboxylic acids is 1. The molecule has 0 fully saturated rings. The van der Waals surface area contributed by atoms with Crippen molar-refractivity contribution >= 4 is 38.6 Å². The van der Waals surface area contributed by atoms with Crippen LogP contribution in [0.5, 0.6) is 0 Å². The van der Waals surface area contributed by atoms with Gasteiger partial charge in [-0.25, -0.2) is 13.6 Å². The molecule has 0 aliphatic carbocycles. The molecule has 0 aliphatic heterocycles. The molecule has 8 heteroatoms. The Morgan fingerprint density at radius 3 is 2.30 bits per heavy atom. The Morgan fingerprint density at radius 2 is 1.83 bits per heavy atom. The van der Waals surface area contributed by atoms with Crippen LogP contribution in [-0.2, 0) is 10.0 Å². The molecule has 2 aromatic rings. The summed E-state index contributed by atoms with van der Waals surface area (Å²) in [6.45, 7) is 5.98. The Kier molecular flexibility index (Phi) is 5.40. The molecule has 0 spiro atoms. The van der Waals surface area contributed by atoms with E-state index in [-0.39, 0.29) is 15.7 Å². The molecule has 0 radical (unpaired) electrons. The van der Waals surface area contributed by atoms with E-state index < -0.39 is 10.0 Å². The van der Waals surface area contributed by atoms with Crippen molar-refractivity contribution in [2.24, 2.45) is 5.14 Å². The average Bonchev–Trinajstić information content (AvgIpc) is 3.00. The highest BCUT2D eigenvalue weighted by molar-refractivity contribution is 7.91. The number of amides is 1. The Bertz CT molecular complexity index is 779. The van der Waals surface area contributed by atoms with E-state index in [4.69, 9.17) is 5.14 Å². The lowest BCUT2D eigenvalue weighted by atomic mass is 10.2. The summed E-state index contributed by atoms with van der Waals surface area (Å²) in [7, 11) is -3.78. The number of carbonyl (C=O) groups is 1. The van der Waals surface area contributed by atoms with Crippen LogP contribution in [0.4, 0.5) is 11.4 Å². The number of thiophene rings is 1.